The third-order valence-corrected chi connectivity index (χ3v) is 6.39. The van der Waals surface area contributed by atoms with Crippen molar-refractivity contribution in [1.82, 2.24) is 14.6 Å². The van der Waals surface area contributed by atoms with E-state index in [1.807, 2.05) is 30.3 Å². The average Bonchev–Trinajstić information content (AvgIpc) is 2.86. The van der Waals surface area contributed by atoms with Crippen LogP contribution in [0, 0.1) is 6.92 Å². The minimum Gasteiger partial charge on any atom is -0.330 e. The molecule has 1 atom stereocenters. The first-order valence-electron chi connectivity index (χ1n) is 12.0. The third kappa shape index (κ3) is 5.90. The Morgan fingerprint density at radius 2 is 1.83 bits per heavy atom. The molecule has 3 aromatic carbocycles. The monoisotopic (exact) mass is 489 g/mol. The Morgan fingerprint density at radius 1 is 1.09 bits per heavy atom. The van der Waals surface area contributed by atoms with Crippen molar-refractivity contribution in [3.8, 4) is 0 Å². The highest BCUT2D eigenvalue weighted by Crippen LogP contribution is 2.27. The molecule has 0 bridgehead atoms. The Bertz CT molecular complexity index is 1320. The topological polar surface area (TPSA) is 76.2 Å². The highest BCUT2D eigenvalue weighted by atomic mass is 35.5. The third-order valence-electron chi connectivity index (χ3n) is 6.15. The van der Waals surface area contributed by atoms with Crippen LogP contribution in [0.5, 0.6) is 0 Å². The van der Waals surface area contributed by atoms with Gasteiger partial charge in [0, 0.05) is 18.1 Å². The molecule has 6 nitrogen and oxygen atoms in total. The molecule has 0 aliphatic heterocycles. The van der Waals surface area contributed by atoms with E-state index < -0.39 is 0 Å². The van der Waals surface area contributed by atoms with Gasteiger partial charge in [-0.3, -0.25) is 15.1 Å². The Balaban J connectivity index is 1.84. The molecule has 0 unspecified atom stereocenters. The minimum absolute atomic E-state index is 0.116. The van der Waals surface area contributed by atoms with Crippen molar-refractivity contribution in [3.05, 3.63) is 105 Å². The van der Waals surface area contributed by atoms with Crippen LogP contribution in [-0.2, 0) is 6.54 Å². The maximum Gasteiger partial charge on any atom is 0.280 e. The smallest absolute Gasteiger partial charge is 0.280 e. The van der Waals surface area contributed by atoms with Crippen molar-refractivity contribution in [2.45, 2.75) is 39.3 Å². The predicted molar refractivity (Wildman–Crippen MR) is 145 cm³/mol. The maximum absolute atomic E-state index is 13.7. The molecule has 0 aliphatic rings. The number of anilines is 1. The lowest BCUT2D eigenvalue weighted by Crippen LogP contribution is -2.38. The van der Waals surface area contributed by atoms with Crippen molar-refractivity contribution >= 4 is 28.2 Å². The number of aromatic nitrogens is 2. The van der Waals surface area contributed by atoms with Gasteiger partial charge in [0.05, 0.1) is 22.6 Å². The molecule has 4 rings (SSSR count). The first-order chi connectivity index (χ1) is 17.0. The van der Waals surface area contributed by atoms with Gasteiger partial charge < -0.3 is 5.73 Å². The van der Waals surface area contributed by atoms with Gasteiger partial charge in [0.2, 0.25) is 0 Å². The molecule has 0 radical (unpaired) electrons. The van der Waals surface area contributed by atoms with Gasteiger partial charge in [0.15, 0.2) is 0 Å². The molecule has 182 valence electrons. The van der Waals surface area contributed by atoms with E-state index in [2.05, 4.69) is 48.4 Å². The highest BCUT2D eigenvalue weighted by Gasteiger charge is 2.25. The van der Waals surface area contributed by atoms with Gasteiger partial charge in [0.25, 0.3) is 5.56 Å². The van der Waals surface area contributed by atoms with Crippen LogP contribution in [0.4, 0.5) is 5.69 Å². The number of rotatable bonds is 10. The second-order valence-electron chi connectivity index (χ2n) is 8.77. The van der Waals surface area contributed by atoms with Crippen LogP contribution in [0.1, 0.15) is 42.8 Å². The molecule has 0 saturated heterocycles. The van der Waals surface area contributed by atoms with Crippen molar-refractivity contribution in [1.29, 1.82) is 0 Å². The number of hydrogen-bond donors (Lipinski definition) is 2. The summed E-state index contributed by atoms with van der Waals surface area (Å²) in [4.78, 5) is 21.0. The molecule has 7 heteroatoms. The van der Waals surface area contributed by atoms with E-state index in [-0.39, 0.29) is 11.6 Å². The van der Waals surface area contributed by atoms with Crippen LogP contribution in [0.2, 0.25) is 5.02 Å². The van der Waals surface area contributed by atoms with Gasteiger partial charge in [-0.1, -0.05) is 66.6 Å². The van der Waals surface area contributed by atoms with E-state index in [0.29, 0.717) is 28.3 Å². The molecule has 35 heavy (non-hydrogen) atoms. The fourth-order valence-corrected chi connectivity index (χ4v) is 4.49. The molecule has 1 aromatic heterocycles. The van der Waals surface area contributed by atoms with Crippen molar-refractivity contribution in [2.75, 3.05) is 18.5 Å². The highest BCUT2D eigenvalue weighted by molar-refractivity contribution is 6.31. The summed E-state index contributed by atoms with van der Waals surface area (Å²) in [7, 11) is 0. The molecular formula is C28H32ClN5O. The second-order valence-corrected chi connectivity index (χ2v) is 9.21. The zero-order valence-corrected chi connectivity index (χ0v) is 21.0. The fraction of sp³-hybridized carbons (Fsp3) is 0.286. The SMILES string of the molecule is CC[C@H](c1nc2cc(Cl)ccc2c(=O)n1Nc1ccccc1)N(CCCN)Cc1ccc(C)cc1. The lowest BCUT2D eigenvalue weighted by Gasteiger charge is -2.32. The van der Waals surface area contributed by atoms with Gasteiger partial charge in [-0.05, 0) is 62.2 Å². The van der Waals surface area contributed by atoms with E-state index in [4.69, 9.17) is 22.3 Å². The average molecular weight is 490 g/mol. The maximum atomic E-state index is 13.7. The summed E-state index contributed by atoms with van der Waals surface area (Å²) in [5.74, 6) is 0.653. The van der Waals surface area contributed by atoms with Crippen LogP contribution in [0.25, 0.3) is 10.9 Å². The minimum atomic E-state index is -0.155. The van der Waals surface area contributed by atoms with Gasteiger partial charge in [-0.25, -0.2) is 9.66 Å². The Kier molecular flexibility index (Phi) is 8.18. The van der Waals surface area contributed by atoms with E-state index in [9.17, 15) is 4.79 Å². The van der Waals surface area contributed by atoms with E-state index in [1.165, 1.54) is 11.1 Å². The number of nitrogens with zero attached hydrogens (tertiary/aromatic N) is 3. The Morgan fingerprint density at radius 3 is 2.51 bits per heavy atom. The molecule has 0 aliphatic carbocycles. The molecule has 1 heterocycles. The number of hydrogen-bond acceptors (Lipinski definition) is 5. The number of nitrogens with one attached hydrogen (secondary N) is 1. The van der Waals surface area contributed by atoms with Crippen LogP contribution in [0.15, 0.2) is 77.6 Å². The summed E-state index contributed by atoms with van der Waals surface area (Å²) < 4.78 is 1.59. The summed E-state index contributed by atoms with van der Waals surface area (Å²) in [6.45, 7) is 6.32. The molecular weight excluding hydrogens is 458 g/mol. The summed E-state index contributed by atoms with van der Waals surface area (Å²) in [6.07, 6.45) is 1.61. The van der Waals surface area contributed by atoms with Crippen LogP contribution < -0.4 is 16.7 Å². The molecule has 3 N–H and O–H groups in total. The standard InChI is InChI=1S/C28H32ClN5O/c1-3-26(33(17-7-16-30)19-21-12-10-20(2)11-13-21)27-31-25-18-22(29)14-15-24(25)28(35)34(27)32-23-8-5-4-6-9-23/h4-6,8-15,18,26,32H,3,7,16-17,19,30H2,1-2H3/t26-/m1/s1. The van der Waals surface area contributed by atoms with E-state index in [1.54, 1.807) is 22.9 Å². The number of benzene rings is 3. The van der Waals surface area contributed by atoms with Gasteiger partial charge in [0.1, 0.15) is 5.82 Å². The first kappa shape index (κ1) is 24.9. The number of nitrogens with two attached hydrogens (primary N) is 1. The van der Waals surface area contributed by atoms with Gasteiger partial charge >= 0.3 is 0 Å². The van der Waals surface area contributed by atoms with Crippen molar-refractivity contribution in [3.63, 3.8) is 0 Å². The van der Waals surface area contributed by atoms with Crippen LogP contribution in [-0.4, -0.2) is 27.6 Å². The number of halogens is 1. The van der Waals surface area contributed by atoms with Crippen molar-refractivity contribution < 1.29 is 0 Å². The number of fused-ring (bicyclic) bond motifs is 1. The first-order valence-corrected chi connectivity index (χ1v) is 12.4. The fourth-order valence-electron chi connectivity index (χ4n) is 4.32. The number of para-hydroxylation sites is 1. The van der Waals surface area contributed by atoms with Gasteiger partial charge in [-0.2, -0.15) is 0 Å². The second kappa shape index (κ2) is 11.5. The van der Waals surface area contributed by atoms with Gasteiger partial charge in [-0.15, -0.1) is 0 Å². The molecule has 0 saturated carbocycles. The lowest BCUT2D eigenvalue weighted by molar-refractivity contribution is 0.171. The number of aryl methyl sites for hydroxylation is 1. The van der Waals surface area contributed by atoms with Crippen LogP contribution in [0.3, 0.4) is 0 Å². The quantitative estimate of drug-likeness (QED) is 0.306. The lowest BCUT2D eigenvalue weighted by atomic mass is 10.1. The normalized spacial score (nSPS) is 12.3. The zero-order chi connectivity index (χ0) is 24.8. The predicted octanol–water partition coefficient (Wildman–Crippen LogP) is 5.54. The van der Waals surface area contributed by atoms with Crippen LogP contribution >= 0.6 is 11.6 Å². The summed E-state index contributed by atoms with van der Waals surface area (Å²) in [5.41, 5.74) is 12.9. The molecule has 0 amide bonds. The molecule has 0 fully saturated rings. The Hall–Kier alpha value is -3.19. The largest absolute Gasteiger partial charge is 0.330 e. The Labute approximate surface area is 211 Å². The molecule has 0 spiro atoms. The van der Waals surface area contributed by atoms with E-state index >= 15 is 0 Å². The molecule has 4 aromatic rings. The zero-order valence-electron chi connectivity index (χ0n) is 20.2. The summed E-state index contributed by atoms with van der Waals surface area (Å²) >= 11 is 6.27. The van der Waals surface area contributed by atoms with Crippen molar-refractivity contribution in [2.24, 2.45) is 5.73 Å². The van der Waals surface area contributed by atoms with E-state index in [0.717, 1.165) is 31.6 Å². The summed E-state index contributed by atoms with van der Waals surface area (Å²) in [5, 5.41) is 1.07. The summed E-state index contributed by atoms with van der Waals surface area (Å²) in [6, 6.07) is 23.3.